The number of hydrogen-bond donors (Lipinski definition) is 1. The molecule has 1 aliphatic heterocycles. The van der Waals surface area contributed by atoms with Crippen LogP contribution in [0.15, 0.2) is 21.5 Å². The second-order valence-electron chi connectivity index (χ2n) is 3.92. The zero-order valence-electron chi connectivity index (χ0n) is 9.03. The van der Waals surface area contributed by atoms with Crippen molar-refractivity contribution in [3.8, 4) is 0 Å². The zero-order chi connectivity index (χ0) is 11.9. The standard InChI is InChI=1S/C11H12BrNO2S/c1-6-3-7(12)10-8(4-6)16-9(11(14)15)5-13(10)2/h3-4,9H,5H2,1-2H3,(H,14,15). The van der Waals surface area contributed by atoms with Crippen LogP contribution in [0.5, 0.6) is 0 Å². The first-order chi connectivity index (χ1) is 7.49. The summed E-state index contributed by atoms with van der Waals surface area (Å²) >= 11 is 4.95. The van der Waals surface area contributed by atoms with Crippen LogP contribution in [0, 0.1) is 6.92 Å². The number of halogens is 1. The van der Waals surface area contributed by atoms with Gasteiger partial charge >= 0.3 is 5.97 Å². The molecule has 0 aromatic heterocycles. The molecular formula is C11H12BrNO2S. The molecule has 1 heterocycles. The van der Waals surface area contributed by atoms with Gasteiger partial charge in [0.1, 0.15) is 5.25 Å². The summed E-state index contributed by atoms with van der Waals surface area (Å²) in [5, 5.41) is 8.68. The van der Waals surface area contributed by atoms with E-state index in [9.17, 15) is 4.79 Å². The first-order valence-corrected chi connectivity index (χ1v) is 6.57. The smallest absolute Gasteiger partial charge is 0.318 e. The van der Waals surface area contributed by atoms with Crippen molar-refractivity contribution >= 4 is 39.3 Å². The maximum atomic E-state index is 11.0. The second-order valence-corrected chi connectivity index (χ2v) is 6.02. The molecule has 0 bridgehead atoms. The van der Waals surface area contributed by atoms with E-state index >= 15 is 0 Å². The van der Waals surface area contributed by atoms with E-state index in [1.165, 1.54) is 11.8 Å². The number of anilines is 1. The van der Waals surface area contributed by atoms with Crippen LogP contribution >= 0.6 is 27.7 Å². The van der Waals surface area contributed by atoms with Crippen molar-refractivity contribution in [2.75, 3.05) is 18.5 Å². The predicted octanol–water partition coefficient (Wildman–Crippen LogP) is 2.75. The Morgan fingerprint density at radius 3 is 2.94 bits per heavy atom. The summed E-state index contributed by atoms with van der Waals surface area (Å²) in [6.07, 6.45) is 0. The molecule has 1 aromatic rings. The Hall–Kier alpha value is -0.680. The third-order valence-electron chi connectivity index (χ3n) is 2.54. The minimum absolute atomic E-state index is 0.383. The molecule has 0 saturated heterocycles. The van der Waals surface area contributed by atoms with Gasteiger partial charge in [0.25, 0.3) is 0 Å². The molecule has 0 amide bonds. The van der Waals surface area contributed by atoms with E-state index in [0.29, 0.717) is 6.54 Å². The molecule has 5 heteroatoms. The van der Waals surface area contributed by atoms with Crippen LogP contribution in [-0.2, 0) is 4.79 Å². The quantitative estimate of drug-likeness (QED) is 0.866. The van der Waals surface area contributed by atoms with Crippen LogP contribution in [0.3, 0.4) is 0 Å². The van der Waals surface area contributed by atoms with Crippen LogP contribution < -0.4 is 4.90 Å². The van der Waals surface area contributed by atoms with Gasteiger partial charge in [0.15, 0.2) is 0 Å². The molecular weight excluding hydrogens is 290 g/mol. The number of carboxylic acids is 1. The number of rotatable bonds is 1. The number of aliphatic carboxylic acids is 1. The molecule has 0 aliphatic carbocycles. The van der Waals surface area contributed by atoms with Gasteiger partial charge in [0.05, 0.1) is 5.69 Å². The number of nitrogens with zero attached hydrogens (tertiary/aromatic N) is 1. The van der Waals surface area contributed by atoms with E-state index < -0.39 is 5.97 Å². The van der Waals surface area contributed by atoms with Gasteiger partial charge in [0.2, 0.25) is 0 Å². The lowest BCUT2D eigenvalue weighted by molar-refractivity contribution is -0.136. The van der Waals surface area contributed by atoms with Gasteiger partial charge in [-0.1, -0.05) is 0 Å². The largest absolute Gasteiger partial charge is 0.480 e. The normalized spacial score (nSPS) is 19.4. The van der Waals surface area contributed by atoms with E-state index in [1.54, 1.807) is 0 Å². The lowest BCUT2D eigenvalue weighted by Gasteiger charge is -2.32. The Bertz CT molecular complexity index is 450. The minimum atomic E-state index is -0.750. The number of benzene rings is 1. The van der Waals surface area contributed by atoms with Crippen LogP contribution in [0.2, 0.25) is 0 Å². The molecule has 1 aromatic carbocycles. The van der Waals surface area contributed by atoms with E-state index in [4.69, 9.17) is 5.11 Å². The molecule has 0 radical (unpaired) electrons. The fraction of sp³-hybridized carbons (Fsp3) is 0.364. The lowest BCUT2D eigenvalue weighted by atomic mass is 10.2. The van der Waals surface area contributed by atoms with Crippen LogP contribution in [0.1, 0.15) is 5.56 Å². The highest BCUT2D eigenvalue weighted by Gasteiger charge is 2.29. The van der Waals surface area contributed by atoms with Gasteiger partial charge in [-0.25, -0.2) is 0 Å². The summed E-state index contributed by atoms with van der Waals surface area (Å²) in [4.78, 5) is 14.0. The maximum Gasteiger partial charge on any atom is 0.318 e. The molecule has 0 spiro atoms. The molecule has 1 unspecified atom stereocenters. The van der Waals surface area contributed by atoms with E-state index in [0.717, 1.165) is 20.6 Å². The highest BCUT2D eigenvalue weighted by molar-refractivity contribution is 9.10. The zero-order valence-corrected chi connectivity index (χ0v) is 11.4. The van der Waals surface area contributed by atoms with Gasteiger partial charge in [0, 0.05) is 23.0 Å². The summed E-state index contributed by atoms with van der Waals surface area (Å²) < 4.78 is 1.03. The van der Waals surface area contributed by atoms with Crippen molar-refractivity contribution in [1.29, 1.82) is 0 Å². The van der Waals surface area contributed by atoms with Gasteiger partial charge < -0.3 is 10.0 Å². The van der Waals surface area contributed by atoms with Crippen molar-refractivity contribution in [3.63, 3.8) is 0 Å². The average molecular weight is 302 g/mol. The molecule has 0 saturated carbocycles. The third kappa shape index (κ3) is 2.06. The van der Waals surface area contributed by atoms with Gasteiger partial charge in [-0.05, 0) is 40.5 Å². The van der Waals surface area contributed by atoms with Crippen molar-refractivity contribution < 1.29 is 9.90 Å². The molecule has 1 N–H and O–H groups in total. The van der Waals surface area contributed by atoms with E-state index in [2.05, 4.69) is 22.0 Å². The van der Waals surface area contributed by atoms with E-state index in [-0.39, 0.29) is 5.25 Å². The minimum Gasteiger partial charge on any atom is -0.480 e. The summed E-state index contributed by atoms with van der Waals surface area (Å²) in [5.74, 6) is -0.750. The first-order valence-electron chi connectivity index (χ1n) is 4.90. The summed E-state index contributed by atoms with van der Waals surface area (Å²) in [6.45, 7) is 2.55. The van der Waals surface area contributed by atoms with Crippen LogP contribution in [0.4, 0.5) is 5.69 Å². The molecule has 0 fully saturated rings. The maximum absolute atomic E-state index is 11.0. The molecule has 1 atom stereocenters. The fourth-order valence-corrected chi connectivity index (χ4v) is 4.17. The number of carbonyl (C=O) groups is 1. The summed E-state index contributed by atoms with van der Waals surface area (Å²) in [5.41, 5.74) is 2.23. The van der Waals surface area contributed by atoms with Crippen molar-refractivity contribution in [1.82, 2.24) is 0 Å². The molecule has 3 nitrogen and oxygen atoms in total. The lowest BCUT2D eigenvalue weighted by Crippen LogP contribution is -2.36. The Morgan fingerprint density at radius 1 is 1.62 bits per heavy atom. The number of carboxylic acid groups (broad SMARTS) is 1. The molecule has 86 valence electrons. The highest BCUT2D eigenvalue weighted by Crippen LogP contribution is 2.42. The van der Waals surface area contributed by atoms with Gasteiger partial charge in [-0.2, -0.15) is 0 Å². The Kier molecular flexibility index (Phi) is 3.17. The average Bonchev–Trinajstić information content (AvgIpc) is 2.15. The SMILES string of the molecule is Cc1cc(Br)c2c(c1)SC(C(=O)O)CN2C. The fourth-order valence-electron chi connectivity index (χ4n) is 1.82. The number of aryl methyl sites for hydroxylation is 1. The topological polar surface area (TPSA) is 40.5 Å². The first kappa shape index (κ1) is 11.8. The molecule has 2 rings (SSSR count). The van der Waals surface area contributed by atoms with E-state index in [1.807, 2.05) is 24.9 Å². The number of fused-ring (bicyclic) bond motifs is 1. The Morgan fingerprint density at radius 2 is 2.31 bits per heavy atom. The van der Waals surface area contributed by atoms with Crippen molar-refractivity contribution in [2.24, 2.45) is 0 Å². The Labute approximate surface area is 107 Å². The summed E-state index contributed by atoms with van der Waals surface area (Å²) in [6, 6.07) is 4.09. The molecule has 16 heavy (non-hydrogen) atoms. The van der Waals surface area contributed by atoms with Gasteiger partial charge in [-0.15, -0.1) is 11.8 Å². The second kappa shape index (κ2) is 4.30. The van der Waals surface area contributed by atoms with Crippen molar-refractivity contribution in [2.45, 2.75) is 17.1 Å². The Balaban J connectivity index is 2.46. The monoisotopic (exact) mass is 301 g/mol. The predicted molar refractivity (Wildman–Crippen MR) is 69.4 cm³/mol. The number of thioether (sulfide) groups is 1. The van der Waals surface area contributed by atoms with Crippen LogP contribution in [0.25, 0.3) is 0 Å². The number of hydrogen-bond acceptors (Lipinski definition) is 3. The van der Waals surface area contributed by atoms with Gasteiger partial charge in [-0.3, -0.25) is 4.79 Å². The molecule has 1 aliphatic rings. The summed E-state index contributed by atoms with van der Waals surface area (Å²) in [7, 11) is 1.93. The third-order valence-corrected chi connectivity index (χ3v) is 4.34. The van der Waals surface area contributed by atoms with Crippen molar-refractivity contribution in [3.05, 3.63) is 22.2 Å². The van der Waals surface area contributed by atoms with Crippen LogP contribution in [-0.4, -0.2) is 29.9 Å². The highest BCUT2D eigenvalue weighted by atomic mass is 79.9.